The van der Waals surface area contributed by atoms with Crippen molar-refractivity contribution in [3.05, 3.63) is 47.9 Å². The number of hydrogen-bond donors (Lipinski definition) is 2. The summed E-state index contributed by atoms with van der Waals surface area (Å²) >= 11 is 0. The fourth-order valence-electron chi connectivity index (χ4n) is 2.05. The van der Waals surface area contributed by atoms with Gasteiger partial charge in [0.1, 0.15) is 5.82 Å². The summed E-state index contributed by atoms with van der Waals surface area (Å²) in [4.78, 5) is 8.67. The minimum atomic E-state index is 0.599. The number of nitrogens with zero attached hydrogens (tertiary/aromatic N) is 4. The van der Waals surface area contributed by atoms with E-state index in [4.69, 9.17) is 5.84 Å². The van der Waals surface area contributed by atoms with E-state index in [2.05, 4.69) is 32.6 Å². The lowest BCUT2D eigenvalue weighted by atomic mass is 10.2. The zero-order chi connectivity index (χ0) is 13.2. The van der Waals surface area contributed by atoms with Crippen LogP contribution in [0.2, 0.25) is 0 Å². The Morgan fingerprint density at radius 2 is 2.00 bits per heavy atom. The average molecular weight is 254 g/mol. The topological polar surface area (TPSA) is 81.6 Å². The molecule has 0 spiro atoms. The van der Waals surface area contributed by atoms with Gasteiger partial charge in [0, 0.05) is 0 Å². The molecule has 0 aliphatic carbocycles. The van der Waals surface area contributed by atoms with Gasteiger partial charge in [-0.05, 0) is 12.5 Å². The number of aromatic nitrogens is 4. The van der Waals surface area contributed by atoms with Crippen LogP contribution in [0.4, 0.5) is 5.82 Å². The van der Waals surface area contributed by atoms with Crippen LogP contribution in [-0.2, 0) is 6.54 Å². The van der Waals surface area contributed by atoms with Gasteiger partial charge < -0.3 is 5.43 Å². The molecule has 2 aromatic heterocycles. The van der Waals surface area contributed by atoms with Crippen molar-refractivity contribution in [2.75, 3.05) is 5.43 Å². The Kier molecular flexibility index (Phi) is 2.85. The summed E-state index contributed by atoms with van der Waals surface area (Å²) in [5.41, 5.74) is 4.54. The van der Waals surface area contributed by atoms with Gasteiger partial charge >= 0.3 is 0 Å². The highest BCUT2D eigenvalue weighted by Crippen LogP contribution is 2.19. The maximum absolute atomic E-state index is 5.47. The van der Waals surface area contributed by atoms with Crippen LogP contribution in [0, 0.1) is 6.92 Å². The third-order valence-corrected chi connectivity index (χ3v) is 2.92. The van der Waals surface area contributed by atoms with Gasteiger partial charge in [0.2, 0.25) is 0 Å². The van der Waals surface area contributed by atoms with Gasteiger partial charge in [0.15, 0.2) is 11.5 Å². The number of rotatable bonds is 3. The average Bonchev–Trinajstić information content (AvgIpc) is 2.82. The molecule has 3 N–H and O–H groups in total. The molecule has 0 radical (unpaired) electrons. The van der Waals surface area contributed by atoms with Crippen LogP contribution in [0.3, 0.4) is 0 Å². The molecule has 0 unspecified atom stereocenters. The van der Waals surface area contributed by atoms with Crippen molar-refractivity contribution in [3.63, 3.8) is 0 Å². The number of nitrogens with one attached hydrogen (secondary N) is 1. The highest BCUT2D eigenvalue weighted by atomic mass is 15.3. The Hall–Kier alpha value is -2.47. The van der Waals surface area contributed by atoms with E-state index < -0.39 is 0 Å². The Morgan fingerprint density at radius 3 is 2.74 bits per heavy atom. The lowest BCUT2D eigenvalue weighted by Crippen LogP contribution is -2.11. The molecule has 0 aliphatic rings. The molecule has 0 saturated carbocycles. The fraction of sp³-hybridized carbons (Fsp3) is 0.154. The van der Waals surface area contributed by atoms with Gasteiger partial charge in [0.05, 0.1) is 18.1 Å². The predicted molar refractivity (Wildman–Crippen MR) is 73.4 cm³/mol. The van der Waals surface area contributed by atoms with Gasteiger partial charge in [-0.1, -0.05) is 30.3 Å². The second kappa shape index (κ2) is 4.66. The second-order valence-electron chi connectivity index (χ2n) is 4.29. The van der Waals surface area contributed by atoms with Crippen LogP contribution in [0.15, 0.2) is 36.5 Å². The number of fused-ring (bicyclic) bond motifs is 1. The molecule has 0 aliphatic heterocycles. The van der Waals surface area contributed by atoms with Gasteiger partial charge in [-0.2, -0.15) is 5.10 Å². The molecule has 0 saturated heterocycles. The van der Waals surface area contributed by atoms with Crippen molar-refractivity contribution in [3.8, 4) is 0 Å². The Morgan fingerprint density at radius 1 is 1.21 bits per heavy atom. The molecule has 0 fully saturated rings. The lowest BCUT2D eigenvalue weighted by Gasteiger charge is -2.05. The van der Waals surface area contributed by atoms with E-state index in [9.17, 15) is 0 Å². The SMILES string of the molecule is Cc1nc(NN)c2cnn(Cc3ccccc3)c2n1. The zero-order valence-corrected chi connectivity index (χ0v) is 10.5. The maximum Gasteiger partial charge on any atom is 0.163 e. The van der Waals surface area contributed by atoms with Crippen molar-refractivity contribution >= 4 is 16.9 Å². The molecule has 3 rings (SSSR count). The molecule has 0 amide bonds. The number of benzene rings is 1. The van der Waals surface area contributed by atoms with Crippen LogP contribution >= 0.6 is 0 Å². The minimum Gasteiger partial charge on any atom is -0.308 e. The number of hydrogen-bond acceptors (Lipinski definition) is 5. The highest BCUT2D eigenvalue weighted by molar-refractivity contribution is 5.86. The summed E-state index contributed by atoms with van der Waals surface area (Å²) in [6.45, 7) is 2.50. The van der Waals surface area contributed by atoms with E-state index in [0.717, 1.165) is 11.0 Å². The number of nitrogens with two attached hydrogens (primary N) is 1. The summed E-state index contributed by atoms with van der Waals surface area (Å²) in [5.74, 6) is 6.73. The second-order valence-corrected chi connectivity index (χ2v) is 4.29. The van der Waals surface area contributed by atoms with Crippen molar-refractivity contribution in [1.82, 2.24) is 19.7 Å². The third kappa shape index (κ3) is 2.13. The standard InChI is InChI=1S/C13H14N6/c1-9-16-12(18-14)11-7-15-19(13(11)17-9)8-10-5-3-2-4-6-10/h2-7H,8,14H2,1H3,(H,16,17,18). The van der Waals surface area contributed by atoms with Gasteiger partial charge in [-0.25, -0.2) is 20.5 Å². The van der Waals surface area contributed by atoms with Crippen LogP contribution in [0.1, 0.15) is 11.4 Å². The first-order chi connectivity index (χ1) is 9.28. The summed E-state index contributed by atoms with van der Waals surface area (Å²) in [5, 5.41) is 5.18. The summed E-state index contributed by atoms with van der Waals surface area (Å²) in [7, 11) is 0. The first-order valence-electron chi connectivity index (χ1n) is 5.98. The van der Waals surface area contributed by atoms with E-state index in [1.807, 2.05) is 29.8 Å². The van der Waals surface area contributed by atoms with Crippen LogP contribution < -0.4 is 11.3 Å². The first kappa shape index (κ1) is 11.6. The molecule has 6 heteroatoms. The van der Waals surface area contributed by atoms with Gasteiger partial charge in [-0.3, -0.25) is 0 Å². The molecule has 0 atom stereocenters. The minimum absolute atomic E-state index is 0.599. The molecular weight excluding hydrogens is 240 g/mol. The number of aryl methyl sites for hydroxylation is 1. The van der Waals surface area contributed by atoms with Crippen molar-refractivity contribution in [1.29, 1.82) is 0 Å². The van der Waals surface area contributed by atoms with E-state index in [1.165, 1.54) is 5.56 Å². The van der Waals surface area contributed by atoms with E-state index >= 15 is 0 Å². The largest absolute Gasteiger partial charge is 0.308 e. The summed E-state index contributed by atoms with van der Waals surface area (Å²) in [6, 6.07) is 10.1. The molecule has 2 heterocycles. The first-order valence-corrected chi connectivity index (χ1v) is 5.98. The molecule has 1 aromatic carbocycles. The molecular formula is C13H14N6. The molecule has 19 heavy (non-hydrogen) atoms. The summed E-state index contributed by atoms with van der Waals surface area (Å²) in [6.07, 6.45) is 1.73. The Balaban J connectivity index is 2.08. The Bertz CT molecular complexity index is 704. The van der Waals surface area contributed by atoms with Crippen LogP contribution in [0.5, 0.6) is 0 Å². The zero-order valence-electron chi connectivity index (χ0n) is 10.5. The van der Waals surface area contributed by atoms with Crippen LogP contribution in [-0.4, -0.2) is 19.7 Å². The number of anilines is 1. The normalized spacial score (nSPS) is 10.8. The molecule has 96 valence electrons. The third-order valence-electron chi connectivity index (χ3n) is 2.92. The predicted octanol–water partition coefficient (Wildman–Crippen LogP) is 1.47. The fourth-order valence-corrected chi connectivity index (χ4v) is 2.05. The molecule has 0 bridgehead atoms. The van der Waals surface area contributed by atoms with Crippen molar-refractivity contribution in [2.45, 2.75) is 13.5 Å². The number of hydrazine groups is 1. The van der Waals surface area contributed by atoms with Crippen LogP contribution in [0.25, 0.3) is 11.0 Å². The lowest BCUT2D eigenvalue weighted by molar-refractivity contribution is 0.702. The van der Waals surface area contributed by atoms with Gasteiger partial charge in [-0.15, -0.1) is 0 Å². The smallest absolute Gasteiger partial charge is 0.163 e. The highest BCUT2D eigenvalue weighted by Gasteiger charge is 2.10. The maximum atomic E-state index is 5.47. The Labute approximate surface area is 110 Å². The van der Waals surface area contributed by atoms with Crippen molar-refractivity contribution < 1.29 is 0 Å². The van der Waals surface area contributed by atoms with E-state index in [0.29, 0.717) is 18.2 Å². The van der Waals surface area contributed by atoms with Crippen molar-refractivity contribution in [2.24, 2.45) is 5.84 Å². The monoisotopic (exact) mass is 254 g/mol. The number of nitrogen functional groups attached to an aromatic ring is 1. The quantitative estimate of drug-likeness (QED) is 0.546. The van der Waals surface area contributed by atoms with E-state index in [-0.39, 0.29) is 0 Å². The molecule has 6 nitrogen and oxygen atoms in total. The summed E-state index contributed by atoms with van der Waals surface area (Å²) < 4.78 is 1.85. The van der Waals surface area contributed by atoms with E-state index in [1.54, 1.807) is 6.20 Å². The molecule has 3 aromatic rings. The van der Waals surface area contributed by atoms with Gasteiger partial charge in [0.25, 0.3) is 0 Å².